The number of fused-ring (bicyclic) bond motifs is 1. The Kier molecular flexibility index (Phi) is 6.56. The maximum atomic E-state index is 13.7. The third kappa shape index (κ3) is 4.57. The van der Waals surface area contributed by atoms with Crippen LogP contribution in [0.3, 0.4) is 0 Å². The molecule has 0 spiro atoms. The first-order valence-electron chi connectivity index (χ1n) is 13.3. The number of hydroxylamine groups is 2. The van der Waals surface area contributed by atoms with Crippen LogP contribution in [-0.4, -0.2) is 41.2 Å². The molecular weight excluding hydrogens is 597 g/mol. The van der Waals surface area contributed by atoms with Gasteiger partial charge < -0.3 is 4.57 Å². The second kappa shape index (κ2) is 9.86. The second-order valence-corrected chi connectivity index (χ2v) is 12.8. The molecule has 0 fully saturated rings. The van der Waals surface area contributed by atoms with E-state index in [1.54, 1.807) is 53.2 Å². The van der Waals surface area contributed by atoms with Crippen LogP contribution in [0.2, 0.25) is 0 Å². The van der Waals surface area contributed by atoms with Gasteiger partial charge in [0.25, 0.3) is 11.8 Å². The molecule has 2 heterocycles. The summed E-state index contributed by atoms with van der Waals surface area (Å²) in [4.78, 5) is 40.0. The van der Waals surface area contributed by atoms with Gasteiger partial charge in [-0.15, -0.1) is 9.35 Å². The largest absolute Gasteiger partial charge is 0.525 e. The van der Waals surface area contributed by atoms with Crippen molar-refractivity contribution in [2.75, 3.05) is 0 Å². The molecule has 224 valence electrons. The van der Waals surface area contributed by atoms with Crippen molar-refractivity contribution in [3.63, 3.8) is 0 Å². The van der Waals surface area contributed by atoms with E-state index >= 15 is 0 Å². The lowest BCUT2D eigenvalue weighted by Gasteiger charge is -2.26. The van der Waals surface area contributed by atoms with Gasteiger partial charge in [-0.1, -0.05) is 75.4 Å². The Morgan fingerprint density at radius 1 is 0.773 bits per heavy atom. The van der Waals surface area contributed by atoms with E-state index in [0.29, 0.717) is 33.1 Å². The molecule has 1 aromatic heterocycles. The van der Waals surface area contributed by atoms with E-state index in [0.717, 1.165) is 5.56 Å². The third-order valence-corrected chi connectivity index (χ3v) is 8.44. The molecule has 0 unspecified atom stereocenters. The minimum Gasteiger partial charge on any atom is -0.315 e. The zero-order chi connectivity index (χ0) is 31.8. The van der Waals surface area contributed by atoms with E-state index in [1.807, 2.05) is 12.1 Å². The van der Waals surface area contributed by atoms with Crippen molar-refractivity contribution in [3.8, 4) is 5.69 Å². The second-order valence-electron chi connectivity index (χ2n) is 11.3. The number of benzene rings is 4. The molecule has 8 nitrogen and oxygen atoms in total. The Morgan fingerprint density at radius 2 is 1.39 bits per heavy atom. The number of aromatic nitrogens is 1. The number of para-hydroxylation sites is 1. The summed E-state index contributed by atoms with van der Waals surface area (Å²) in [6.07, 6.45) is 1.66. The van der Waals surface area contributed by atoms with Crippen molar-refractivity contribution in [3.05, 3.63) is 113 Å². The fraction of sp³-hybridized carbons (Fsp3) is 0.156. The molecule has 44 heavy (non-hydrogen) atoms. The standard InChI is InChI=1S/C32H23F3N2O6S/c1-31(2,3)19-13-11-18(12-14-19)28(38)24-17-36(25-10-5-4-7-20(24)25)26-16-15-23-27-21(26)8-6-9-22(27)29(39)37(30(23)40)43-44(41,42)32(33,34)35/h4-17H,1-3H3. The summed E-state index contributed by atoms with van der Waals surface area (Å²) >= 11 is 0. The Bertz CT molecular complexity index is 2120. The van der Waals surface area contributed by atoms with Crippen LogP contribution in [0.15, 0.2) is 85.1 Å². The number of imide groups is 1. The molecule has 0 saturated heterocycles. The lowest BCUT2D eigenvalue weighted by Crippen LogP contribution is -2.44. The highest BCUT2D eigenvalue weighted by molar-refractivity contribution is 7.87. The Labute approximate surface area is 249 Å². The summed E-state index contributed by atoms with van der Waals surface area (Å²) in [6.45, 7) is 6.23. The van der Waals surface area contributed by atoms with Gasteiger partial charge in [0.15, 0.2) is 5.78 Å². The molecule has 0 atom stereocenters. The lowest BCUT2D eigenvalue weighted by molar-refractivity contribution is -0.0761. The zero-order valence-electron chi connectivity index (χ0n) is 23.5. The van der Waals surface area contributed by atoms with Gasteiger partial charge in [-0.25, -0.2) is 0 Å². The van der Waals surface area contributed by atoms with Gasteiger partial charge in [0.2, 0.25) is 0 Å². The first kappa shape index (κ1) is 29.3. The van der Waals surface area contributed by atoms with Crippen LogP contribution in [0.5, 0.6) is 0 Å². The molecule has 6 rings (SSSR count). The molecule has 0 bridgehead atoms. The highest BCUT2D eigenvalue weighted by Gasteiger charge is 2.51. The van der Waals surface area contributed by atoms with Crippen LogP contribution in [0, 0.1) is 0 Å². The van der Waals surface area contributed by atoms with Crippen molar-refractivity contribution in [2.45, 2.75) is 31.7 Å². The molecule has 0 saturated carbocycles. The molecular formula is C32H23F3N2O6S. The molecule has 0 N–H and O–H groups in total. The third-order valence-electron chi connectivity index (χ3n) is 7.53. The maximum Gasteiger partial charge on any atom is 0.525 e. The smallest absolute Gasteiger partial charge is 0.315 e. The number of ketones is 1. The zero-order valence-corrected chi connectivity index (χ0v) is 24.3. The molecule has 12 heteroatoms. The van der Waals surface area contributed by atoms with E-state index in [1.165, 1.54) is 24.3 Å². The first-order chi connectivity index (χ1) is 20.6. The van der Waals surface area contributed by atoms with Gasteiger partial charge in [-0.3, -0.25) is 14.4 Å². The van der Waals surface area contributed by atoms with Crippen LogP contribution in [0.1, 0.15) is 63.0 Å². The fourth-order valence-electron chi connectivity index (χ4n) is 5.31. The highest BCUT2D eigenvalue weighted by Crippen LogP contribution is 2.37. The van der Waals surface area contributed by atoms with Crippen LogP contribution in [-0.2, 0) is 19.8 Å². The summed E-state index contributed by atoms with van der Waals surface area (Å²) < 4.78 is 67.9. The summed E-state index contributed by atoms with van der Waals surface area (Å²) in [5, 5.41) is 0.732. The number of hydrogen-bond acceptors (Lipinski definition) is 6. The first-order valence-corrected chi connectivity index (χ1v) is 14.7. The van der Waals surface area contributed by atoms with E-state index in [-0.39, 0.29) is 27.7 Å². The number of alkyl halides is 3. The average molecular weight is 621 g/mol. The van der Waals surface area contributed by atoms with Crippen molar-refractivity contribution in [1.29, 1.82) is 0 Å². The highest BCUT2D eigenvalue weighted by atomic mass is 32.2. The number of hydrogen-bond donors (Lipinski definition) is 0. The molecule has 1 aliphatic heterocycles. The molecule has 5 aromatic rings. The average Bonchev–Trinajstić information content (AvgIpc) is 3.36. The number of carbonyl (C=O) groups excluding carboxylic acids is 3. The molecule has 1 aliphatic rings. The number of nitrogens with zero attached hydrogens (tertiary/aromatic N) is 2. The monoisotopic (exact) mass is 620 g/mol. The van der Waals surface area contributed by atoms with Crippen LogP contribution < -0.4 is 0 Å². The predicted molar refractivity (Wildman–Crippen MR) is 156 cm³/mol. The van der Waals surface area contributed by atoms with Crippen molar-refractivity contribution < 1.29 is 40.3 Å². The quantitative estimate of drug-likeness (QED) is 0.123. The van der Waals surface area contributed by atoms with Gasteiger partial charge in [-0.2, -0.15) is 21.6 Å². The van der Waals surface area contributed by atoms with E-state index in [4.69, 9.17) is 0 Å². The predicted octanol–water partition coefficient (Wildman–Crippen LogP) is 6.69. The summed E-state index contributed by atoms with van der Waals surface area (Å²) in [6, 6.07) is 21.7. The van der Waals surface area contributed by atoms with E-state index < -0.39 is 32.5 Å². The lowest BCUT2D eigenvalue weighted by atomic mass is 9.86. The van der Waals surface area contributed by atoms with Gasteiger partial charge in [0.1, 0.15) is 0 Å². The van der Waals surface area contributed by atoms with Crippen LogP contribution in [0.4, 0.5) is 13.2 Å². The topological polar surface area (TPSA) is 103 Å². The van der Waals surface area contributed by atoms with E-state index in [9.17, 15) is 36.0 Å². The minimum absolute atomic E-state index is 0.0925. The Balaban J connectivity index is 1.48. The van der Waals surface area contributed by atoms with Crippen LogP contribution in [0.25, 0.3) is 27.4 Å². The molecule has 0 radical (unpaired) electrons. The number of rotatable bonds is 5. The van der Waals surface area contributed by atoms with Crippen molar-refractivity contribution in [1.82, 2.24) is 9.63 Å². The Hall–Kier alpha value is -4.81. The maximum absolute atomic E-state index is 13.7. The van der Waals surface area contributed by atoms with Crippen molar-refractivity contribution in [2.24, 2.45) is 0 Å². The van der Waals surface area contributed by atoms with Gasteiger partial charge >= 0.3 is 15.6 Å². The fourth-order valence-corrected chi connectivity index (χ4v) is 5.73. The normalized spacial score (nSPS) is 14.1. The minimum atomic E-state index is -6.30. The number of halogens is 3. The number of carbonyl (C=O) groups is 3. The summed E-state index contributed by atoms with van der Waals surface area (Å²) in [5.74, 6) is -2.96. The Morgan fingerprint density at radius 3 is 2.02 bits per heavy atom. The molecule has 2 amide bonds. The van der Waals surface area contributed by atoms with E-state index in [2.05, 4.69) is 25.1 Å². The summed E-state index contributed by atoms with van der Waals surface area (Å²) in [7, 11) is -6.30. The van der Waals surface area contributed by atoms with Gasteiger partial charge in [0, 0.05) is 33.5 Å². The van der Waals surface area contributed by atoms with Gasteiger partial charge in [-0.05, 0) is 35.2 Å². The van der Waals surface area contributed by atoms with Crippen molar-refractivity contribution >= 4 is 49.4 Å². The molecule has 0 aliphatic carbocycles. The number of amides is 2. The summed E-state index contributed by atoms with van der Waals surface area (Å²) in [5.41, 5.74) is -3.32. The SMILES string of the molecule is CC(C)(C)c1ccc(C(=O)c2cn(-c3ccc4c5c(cccc35)C(=O)N(OS(=O)(=O)C(F)(F)F)C4=O)c3ccccc23)cc1. The van der Waals surface area contributed by atoms with Crippen LogP contribution >= 0.6 is 0 Å². The molecule has 4 aromatic carbocycles. The van der Waals surface area contributed by atoms with Gasteiger partial charge in [0.05, 0.1) is 22.3 Å².